The van der Waals surface area contributed by atoms with Crippen molar-refractivity contribution in [1.29, 1.82) is 0 Å². The zero-order valence-electron chi connectivity index (χ0n) is 11.7. The van der Waals surface area contributed by atoms with Crippen molar-refractivity contribution in [3.8, 4) is 0 Å². The summed E-state index contributed by atoms with van der Waals surface area (Å²) in [4.78, 5) is 25.1. The van der Waals surface area contributed by atoms with Crippen molar-refractivity contribution in [3.63, 3.8) is 0 Å². The van der Waals surface area contributed by atoms with Crippen LogP contribution in [-0.4, -0.2) is 40.7 Å². The molecule has 1 fully saturated rings. The SMILES string of the molecule is CSCc1ccc(C(=O)N2CCC(C)CC2C(=O)O)o1. The minimum atomic E-state index is -0.944. The topological polar surface area (TPSA) is 70.8 Å². The van der Waals surface area contributed by atoms with Gasteiger partial charge in [0.1, 0.15) is 11.8 Å². The lowest BCUT2D eigenvalue weighted by Crippen LogP contribution is -2.49. The second kappa shape index (κ2) is 6.35. The summed E-state index contributed by atoms with van der Waals surface area (Å²) in [5.74, 6) is 0.723. The number of rotatable bonds is 4. The summed E-state index contributed by atoms with van der Waals surface area (Å²) in [7, 11) is 0. The molecule has 1 amide bonds. The Labute approximate surface area is 122 Å². The molecule has 1 aromatic rings. The first-order chi connectivity index (χ1) is 9.52. The molecule has 20 heavy (non-hydrogen) atoms. The predicted octanol–water partition coefficient (Wildman–Crippen LogP) is 2.47. The van der Waals surface area contributed by atoms with Crippen molar-refractivity contribution in [2.24, 2.45) is 5.92 Å². The Morgan fingerprint density at radius 3 is 2.90 bits per heavy atom. The van der Waals surface area contributed by atoms with Gasteiger partial charge in [0.25, 0.3) is 5.91 Å². The molecule has 2 rings (SSSR count). The maximum atomic E-state index is 12.4. The Morgan fingerprint density at radius 2 is 2.25 bits per heavy atom. The molecule has 0 spiro atoms. The average Bonchev–Trinajstić information content (AvgIpc) is 2.87. The van der Waals surface area contributed by atoms with Crippen molar-refractivity contribution >= 4 is 23.6 Å². The highest BCUT2D eigenvalue weighted by atomic mass is 32.2. The first-order valence-electron chi connectivity index (χ1n) is 6.64. The summed E-state index contributed by atoms with van der Waals surface area (Å²) in [6, 6.07) is 2.65. The molecule has 5 nitrogen and oxygen atoms in total. The number of likely N-dealkylation sites (tertiary alicyclic amines) is 1. The zero-order chi connectivity index (χ0) is 14.7. The second-order valence-electron chi connectivity index (χ2n) is 5.18. The minimum Gasteiger partial charge on any atom is -0.480 e. The number of hydrogen-bond acceptors (Lipinski definition) is 4. The predicted molar refractivity (Wildman–Crippen MR) is 76.8 cm³/mol. The zero-order valence-corrected chi connectivity index (χ0v) is 12.5. The quantitative estimate of drug-likeness (QED) is 0.924. The molecule has 6 heteroatoms. The molecule has 1 aliphatic rings. The number of carboxylic acids is 1. The van der Waals surface area contributed by atoms with Crippen molar-refractivity contribution in [1.82, 2.24) is 4.90 Å². The van der Waals surface area contributed by atoms with Crippen molar-refractivity contribution in [3.05, 3.63) is 23.7 Å². The minimum absolute atomic E-state index is 0.231. The fourth-order valence-electron chi connectivity index (χ4n) is 2.47. The van der Waals surface area contributed by atoms with E-state index in [1.54, 1.807) is 23.9 Å². The summed E-state index contributed by atoms with van der Waals surface area (Å²) in [6.07, 6.45) is 3.28. The Bertz CT molecular complexity index is 499. The number of nitrogens with zero attached hydrogens (tertiary/aromatic N) is 1. The third-order valence-electron chi connectivity index (χ3n) is 3.57. The van der Waals surface area contributed by atoms with E-state index in [4.69, 9.17) is 4.42 Å². The van der Waals surface area contributed by atoms with Gasteiger partial charge in [0.2, 0.25) is 0 Å². The van der Waals surface area contributed by atoms with E-state index in [2.05, 4.69) is 0 Å². The van der Waals surface area contributed by atoms with E-state index in [9.17, 15) is 14.7 Å². The number of aliphatic carboxylic acids is 1. The summed E-state index contributed by atoms with van der Waals surface area (Å²) in [6.45, 7) is 2.48. The average molecular weight is 297 g/mol. The molecule has 0 radical (unpaired) electrons. The van der Waals surface area contributed by atoms with Gasteiger partial charge in [0.15, 0.2) is 5.76 Å². The monoisotopic (exact) mass is 297 g/mol. The standard InChI is InChI=1S/C14H19NO4S/c1-9-5-6-15(11(7-9)14(17)18)13(16)12-4-3-10(19-12)8-20-2/h3-4,9,11H,5-8H2,1-2H3,(H,17,18). The highest BCUT2D eigenvalue weighted by molar-refractivity contribution is 7.97. The fourth-order valence-corrected chi connectivity index (χ4v) is 2.91. The Morgan fingerprint density at radius 1 is 1.50 bits per heavy atom. The van der Waals surface area contributed by atoms with Gasteiger partial charge in [-0.25, -0.2) is 4.79 Å². The van der Waals surface area contributed by atoms with Gasteiger partial charge in [0, 0.05) is 6.54 Å². The lowest BCUT2D eigenvalue weighted by molar-refractivity contribution is -0.144. The highest BCUT2D eigenvalue weighted by Gasteiger charge is 2.36. The van der Waals surface area contributed by atoms with Gasteiger partial charge in [-0.05, 0) is 37.1 Å². The molecule has 1 aromatic heterocycles. The van der Waals surface area contributed by atoms with Gasteiger partial charge in [-0.1, -0.05) is 6.92 Å². The lowest BCUT2D eigenvalue weighted by atomic mass is 9.92. The number of carboxylic acid groups (broad SMARTS) is 1. The maximum Gasteiger partial charge on any atom is 0.326 e. The smallest absolute Gasteiger partial charge is 0.326 e. The molecule has 0 saturated carbocycles. The normalized spacial score (nSPS) is 22.8. The third kappa shape index (κ3) is 3.17. The van der Waals surface area contributed by atoms with E-state index in [-0.39, 0.29) is 11.7 Å². The number of piperidine rings is 1. The molecule has 1 aliphatic heterocycles. The number of amides is 1. The Balaban J connectivity index is 2.15. The molecular weight excluding hydrogens is 278 g/mol. The van der Waals surface area contributed by atoms with E-state index >= 15 is 0 Å². The van der Waals surface area contributed by atoms with Gasteiger partial charge in [-0.15, -0.1) is 0 Å². The van der Waals surface area contributed by atoms with Gasteiger partial charge in [0.05, 0.1) is 5.75 Å². The molecule has 0 aliphatic carbocycles. The van der Waals surface area contributed by atoms with Crippen LogP contribution in [0, 0.1) is 5.92 Å². The van der Waals surface area contributed by atoms with Crippen LogP contribution in [0.5, 0.6) is 0 Å². The molecule has 2 atom stereocenters. The highest BCUT2D eigenvalue weighted by Crippen LogP contribution is 2.25. The van der Waals surface area contributed by atoms with Crippen LogP contribution in [0.15, 0.2) is 16.5 Å². The van der Waals surface area contributed by atoms with Crippen LogP contribution in [0.3, 0.4) is 0 Å². The van der Waals surface area contributed by atoms with Gasteiger partial charge in [-0.2, -0.15) is 11.8 Å². The van der Waals surface area contributed by atoms with E-state index in [0.29, 0.717) is 24.6 Å². The van der Waals surface area contributed by atoms with Crippen LogP contribution in [0.2, 0.25) is 0 Å². The van der Waals surface area contributed by atoms with E-state index < -0.39 is 12.0 Å². The van der Waals surface area contributed by atoms with Crippen LogP contribution in [0.25, 0.3) is 0 Å². The largest absolute Gasteiger partial charge is 0.480 e. The van der Waals surface area contributed by atoms with E-state index in [1.807, 2.05) is 13.2 Å². The summed E-state index contributed by atoms with van der Waals surface area (Å²) >= 11 is 1.61. The number of furan rings is 1. The number of hydrogen-bond donors (Lipinski definition) is 1. The van der Waals surface area contributed by atoms with Gasteiger partial charge >= 0.3 is 5.97 Å². The third-order valence-corrected chi connectivity index (χ3v) is 4.14. The fraction of sp³-hybridized carbons (Fsp3) is 0.571. The van der Waals surface area contributed by atoms with Crippen molar-refractivity contribution < 1.29 is 19.1 Å². The molecular formula is C14H19NO4S. The molecule has 0 bridgehead atoms. The van der Waals surface area contributed by atoms with Crippen LogP contribution >= 0.6 is 11.8 Å². The Hall–Kier alpha value is -1.43. The van der Waals surface area contributed by atoms with Crippen LogP contribution in [-0.2, 0) is 10.5 Å². The van der Waals surface area contributed by atoms with Crippen LogP contribution in [0.1, 0.15) is 36.1 Å². The lowest BCUT2D eigenvalue weighted by Gasteiger charge is -2.35. The summed E-state index contributed by atoms with van der Waals surface area (Å²) < 4.78 is 5.49. The molecule has 1 saturated heterocycles. The van der Waals surface area contributed by atoms with Crippen molar-refractivity contribution in [2.45, 2.75) is 31.6 Å². The summed E-state index contributed by atoms with van der Waals surface area (Å²) in [5.41, 5.74) is 0. The van der Waals surface area contributed by atoms with E-state index in [1.165, 1.54) is 4.90 Å². The molecule has 0 aromatic carbocycles. The maximum absolute atomic E-state index is 12.4. The Kier molecular flexibility index (Phi) is 4.75. The van der Waals surface area contributed by atoms with Gasteiger partial charge < -0.3 is 14.4 Å². The molecule has 1 N–H and O–H groups in total. The summed E-state index contributed by atoms with van der Waals surface area (Å²) in [5, 5.41) is 9.28. The van der Waals surface area contributed by atoms with E-state index in [0.717, 1.165) is 12.2 Å². The first kappa shape index (κ1) is 15.0. The van der Waals surface area contributed by atoms with Crippen LogP contribution < -0.4 is 0 Å². The first-order valence-corrected chi connectivity index (χ1v) is 8.03. The van der Waals surface area contributed by atoms with Crippen molar-refractivity contribution in [2.75, 3.05) is 12.8 Å². The molecule has 2 unspecified atom stereocenters. The van der Waals surface area contributed by atoms with Gasteiger partial charge in [-0.3, -0.25) is 4.79 Å². The molecule has 2 heterocycles. The second-order valence-corrected chi connectivity index (χ2v) is 6.05. The number of carbonyl (C=O) groups is 2. The van der Waals surface area contributed by atoms with Crippen LogP contribution in [0.4, 0.5) is 0 Å². The molecule has 110 valence electrons. The number of thioether (sulfide) groups is 1. The number of carbonyl (C=O) groups excluding carboxylic acids is 1.